The van der Waals surface area contributed by atoms with Gasteiger partial charge >= 0.3 is 7.80 Å². The van der Waals surface area contributed by atoms with Crippen LogP contribution in [-0.2, 0) is 4.57 Å². The lowest BCUT2D eigenvalue weighted by molar-refractivity contribution is 0.202. The summed E-state index contributed by atoms with van der Waals surface area (Å²) in [5.41, 5.74) is 0.759. The smallest absolute Gasteiger partial charge is 0.338 e. The van der Waals surface area contributed by atoms with Crippen LogP contribution in [-0.4, -0.2) is 17.9 Å². The van der Waals surface area contributed by atoms with E-state index in [1.807, 2.05) is 0 Å². The summed E-state index contributed by atoms with van der Waals surface area (Å²) in [6, 6.07) is 6.91. The quantitative estimate of drug-likeness (QED) is 0.791. The maximum atomic E-state index is 10.9. The molecule has 0 spiro atoms. The molecule has 2 unspecified atom stereocenters. The Morgan fingerprint density at radius 3 is 2.46 bits per heavy atom. The van der Waals surface area contributed by atoms with Gasteiger partial charge in [-0.05, 0) is 17.7 Å². The monoisotopic (exact) mass is 217 g/mol. The molecule has 0 radical (unpaired) electrons. The Bertz CT molecular complexity index is 297. The van der Waals surface area contributed by atoms with E-state index in [1.165, 1.54) is 0 Å². The molecule has 0 saturated carbocycles. The molecule has 0 amide bonds. The van der Waals surface area contributed by atoms with Crippen LogP contribution in [0.1, 0.15) is 11.7 Å². The highest BCUT2D eigenvalue weighted by Crippen LogP contribution is 2.25. The van der Waals surface area contributed by atoms with Crippen molar-refractivity contribution in [1.29, 1.82) is 0 Å². The zero-order valence-electron chi connectivity index (χ0n) is 7.27. The molecule has 0 fully saturated rings. The molecule has 0 aliphatic rings. The van der Waals surface area contributed by atoms with Crippen molar-refractivity contribution >= 4 is 19.4 Å². The molecule has 2 atom stereocenters. The number of aliphatic hydroxyl groups excluding tert-OH is 1. The molecule has 1 rings (SSSR count). The fourth-order valence-corrected chi connectivity index (χ4v) is 1.86. The Balaban J connectivity index is 2.71. The van der Waals surface area contributed by atoms with Crippen LogP contribution < -0.4 is 0 Å². The van der Waals surface area contributed by atoms with Crippen LogP contribution >= 0.6 is 19.4 Å². The predicted octanol–water partition coefficient (Wildman–Crippen LogP) is 2.83. The highest BCUT2D eigenvalue weighted by atomic mass is 35.5. The second-order valence-electron chi connectivity index (χ2n) is 2.88. The first kappa shape index (κ1) is 10.6. The molecule has 0 aromatic heterocycles. The van der Waals surface area contributed by atoms with Crippen molar-refractivity contribution in [2.75, 3.05) is 12.8 Å². The van der Waals surface area contributed by atoms with E-state index in [0.717, 1.165) is 5.56 Å². The molecule has 0 aliphatic heterocycles. The number of hydrogen-bond acceptors (Lipinski definition) is 2. The van der Waals surface area contributed by atoms with Gasteiger partial charge in [0.2, 0.25) is 0 Å². The van der Waals surface area contributed by atoms with Crippen LogP contribution in [0, 0.1) is 0 Å². The van der Waals surface area contributed by atoms with Crippen molar-refractivity contribution in [2.45, 2.75) is 6.10 Å². The molecule has 0 heterocycles. The van der Waals surface area contributed by atoms with Crippen LogP contribution in [0.3, 0.4) is 0 Å². The first-order valence-corrected chi connectivity index (χ1v) is 6.18. The van der Waals surface area contributed by atoms with Gasteiger partial charge in [-0.25, -0.2) is 0 Å². The van der Waals surface area contributed by atoms with Crippen molar-refractivity contribution in [3.8, 4) is 0 Å². The van der Waals surface area contributed by atoms with Gasteiger partial charge < -0.3 is 5.11 Å². The summed E-state index contributed by atoms with van der Waals surface area (Å²) in [5, 5.41) is 10.2. The van der Waals surface area contributed by atoms with E-state index in [-0.39, 0.29) is 0 Å². The Morgan fingerprint density at radius 1 is 1.46 bits per heavy atom. The van der Waals surface area contributed by atoms with Gasteiger partial charge in [0.25, 0.3) is 0 Å². The number of hydrogen-bond donors (Lipinski definition) is 1. The summed E-state index contributed by atoms with van der Waals surface area (Å²) in [4.78, 5) is 0. The van der Waals surface area contributed by atoms with E-state index in [2.05, 4.69) is 0 Å². The van der Waals surface area contributed by atoms with E-state index in [1.54, 1.807) is 30.9 Å². The minimum absolute atomic E-state index is 0.303. The van der Waals surface area contributed by atoms with Crippen LogP contribution in [0.2, 0.25) is 5.02 Å². The minimum atomic E-state index is -1.30. The molecule has 2 nitrogen and oxygen atoms in total. The summed E-state index contributed by atoms with van der Waals surface area (Å²) in [6.45, 7) is 1.61. The van der Waals surface area contributed by atoms with Crippen molar-refractivity contribution in [3.63, 3.8) is 0 Å². The van der Waals surface area contributed by atoms with Gasteiger partial charge in [-0.15, -0.1) is 0 Å². The second-order valence-corrected chi connectivity index (χ2v) is 4.94. The standard InChI is InChI=1S/C9H11ClO2P/c1-13(12)6-9(11)7-2-4-8(10)5-3-7/h2-5,9,11H,6H2,1H3/q+1. The third kappa shape index (κ3) is 3.43. The molecule has 13 heavy (non-hydrogen) atoms. The van der Waals surface area contributed by atoms with E-state index >= 15 is 0 Å². The molecule has 70 valence electrons. The molecule has 1 aromatic rings. The average molecular weight is 218 g/mol. The Morgan fingerprint density at radius 2 is 2.00 bits per heavy atom. The Hall–Kier alpha value is -0.430. The first-order valence-electron chi connectivity index (χ1n) is 3.91. The lowest BCUT2D eigenvalue weighted by atomic mass is 10.1. The van der Waals surface area contributed by atoms with Gasteiger partial charge in [-0.3, -0.25) is 0 Å². The predicted molar refractivity (Wildman–Crippen MR) is 54.8 cm³/mol. The maximum Gasteiger partial charge on any atom is 0.338 e. The van der Waals surface area contributed by atoms with Gasteiger partial charge in [0.1, 0.15) is 12.8 Å². The van der Waals surface area contributed by atoms with E-state index in [4.69, 9.17) is 11.6 Å². The van der Waals surface area contributed by atoms with E-state index < -0.39 is 13.9 Å². The largest absolute Gasteiger partial charge is 0.384 e. The molecular formula is C9H11ClO2P+. The van der Waals surface area contributed by atoms with Crippen molar-refractivity contribution in [3.05, 3.63) is 34.9 Å². The fraction of sp³-hybridized carbons (Fsp3) is 0.333. The van der Waals surface area contributed by atoms with E-state index in [0.29, 0.717) is 11.2 Å². The van der Waals surface area contributed by atoms with Gasteiger partial charge in [0.15, 0.2) is 6.16 Å². The zero-order valence-corrected chi connectivity index (χ0v) is 8.92. The van der Waals surface area contributed by atoms with Crippen LogP contribution in [0.5, 0.6) is 0 Å². The summed E-state index contributed by atoms with van der Waals surface area (Å²) < 4.78 is 10.9. The molecule has 1 aromatic carbocycles. The maximum absolute atomic E-state index is 10.9. The molecule has 4 heteroatoms. The average Bonchev–Trinajstić information content (AvgIpc) is 2.04. The Labute approximate surface area is 83.3 Å². The highest BCUT2D eigenvalue weighted by Gasteiger charge is 2.16. The van der Waals surface area contributed by atoms with Crippen LogP contribution in [0.15, 0.2) is 24.3 Å². The summed E-state index contributed by atoms with van der Waals surface area (Å²) in [6.07, 6.45) is -0.345. The SMILES string of the molecule is C[P+](=O)CC(O)c1ccc(Cl)cc1. The second kappa shape index (κ2) is 4.71. The topological polar surface area (TPSA) is 37.3 Å². The number of rotatable bonds is 3. The molecular weight excluding hydrogens is 207 g/mol. The van der Waals surface area contributed by atoms with Crippen LogP contribution in [0.4, 0.5) is 0 Å². The lowest BCUT2D eigenvalue weighted by Crippen LogP contribution is -1.99. The van der Waals surface area contributed by atoms with Gasteiger partial charge in [-0.2, -0.15) is 0 Å². The Kier molecular flexibility index (Phi) is 3.86. The zero-order chi connectivity index (χ0) is 9.84. The normalized spacial score (nSPS) is 13.9. The van der Waals surface area contributed by atoms with Crippen molar-refractivity contribution in [1.82, 2.24) is 0 Å². The van der Waals surface area contributed by atoms with Gasteiger partial charge in [0, 0.05) is 5.02 Å². The third-order valence-electron chi connectivity index (χ3n) is 1.68. The van der Waals surface area contributed by atoms with Gasteiger partial charge in [-0.1, -0.05) is 28.3 Å². The minimum Gasteiger partial charge on any atom is -0.384 e. The molecule has 0 saturated heterocycles. The summed E-state index contributed by atoms with van der Waals surface area (Å²) in [7, 11) is -1.30. The molecule has 0 aliphatic carbocycles. The summed E-state index contributed by atoms with van der Waals surface area (Å²) >= 11 is 5.68. The summed E-state index contributed by atoms with van der Waals surface area (Å²) in [5.74, 6) is 0. The fourth-order valence-electron chi connectivity index (χ4n) is 1.03. The van der Waals surface area contributed by atoms with E-state index in [9.17, 15) is 9.67 Å². The molecule has 1 N–H and O–H groups in total. The van der Waals surface area contributed by atoms with Crippen LogP contribution in [0.25, 0.3) is 0 Å². The number of benzene rings is 1. The van der Waals surface area contributed by atoms with Crippen molar-refractivity contribution in [2.24, 2.45) is 0 Å². The number of aliphatic hydroxyl groups is 1. The first-order chi connectivity index (χ1) is 6.09. The number of halogens is 1. The lowest BCUT2D eigenvalue weighted by Gasteiger charge is -2.04. The van der Waals surface area contributed by atoms with Crippen molar-refractivity contribution < 1.29 is 9.67 Å². The van der Waals surface area contributed by atoms with Gasteiger partial charge in [0.05, 0.1) is 0 Å². The molecule has 0 bridgehead atoms. The third-order valence-corrected chi connectivity index (χ3v) is 2.80. The highest BCUT2D eigenvalue weighted by molar-refractivity contribution is 7.43.